The molecule has 24 heavy (non-hydrogen) atoms. The van der Waals surface area contributed by atoms with E-state index in [9.17, 15) is 18.0 Å². The van der Waals surface area contributed by atoms with Crippen molar-refractivity contribution in [1.29, 1.82) is 0 Å². The SMILES string of the molecule is C[C@H](NS(=O)(=O)c1ccc(Cl)cc1)C(=O)OCC(=O)c1ccc[nH]1. The third kappa shape index (κ3) is 4.67. The maximum atomic E-state index is 12.1. The van der Waals surface area contributed by atoms with Gasteiger partial charge in [0, 0.05) is 11.2 Å². The monoisotopic (exact) mass is 370 g/mol. The first-order chi connectivity index (χ1) is 11.3. The highest BCUT2D eigenvalue weighted by Gasteiger charge is 2.23. The Kier molecular flexibility index (Phi) is 5.76. The Hall–Kier alpha value is -2.16. The van der Waals surface area contributed by atoms with E-state index in [0.717, 1.165) is 0 Å². The minimum absolute atomic E-state index is 0.0333. The van der Waals surface area contributed by atoms with Crippen molar-refractivity contribution in [2.24, 2.45) is 0 Å². The Morgan fingerprint density at radius 1 is 1.25 bits per heavy atom. The Balaban J connectivity index is 1.93. The predicted molar refractivity (Wildman–Crippen MR) is 87.3 cm³/mol. The molecule has 2 rings (SSSR count). The van der Waals surface area contributed by atoms with Gasteiger partial charge in [0.1, 0.15) is 6.04 Å². The van der Waals surface area contributed by atoms with Gasteiger partial charge < -0.3 is 9.72 Å². The number of nitrogens with one attached hydrogen (secondary N) is 2. The van der Waals surface area contributed by atoms with Crippen LogP contribution < -0.4 is 4.72 Å². The molecule has 2 N–H and O–H groups in total. The fraction of sp³-hybridized carbons (Fsp3) is 0.200. The van der Waals surface area contributed by atoms with Crippen LogP contribution in [0.4, 0.5) is 0 Å². The van der Waals surface area contributed by atoms with Crippen LogP contribution in [0, 0.1) is 0 Å². The fourth-order valence-electron chi connectivity index (χ4n) is 1.81. The average Bonchev–Trinajstić information content (AvgIpc) is 3.06. The predicted octanol–water partition coefficient (Wildman–Crippen LogP) is 1.76. The topological polar surface area (TPSA) is 105 Å². The number of ketones is 1. The summed E-state index contributed by atoms with van der Waals surface area (Å²) in [6, 6.07) is 7.51. The van der Waals surface area contributed by atoms with Crippen molar-refractivity contribution < 1.29 is 22.7 Å². The van der Waals surface area contributed by atoms with Gasteiger partial charge >= 0.3 is 5.97 Å². The number of halogens is 1. The number of carbonyl (C=O) groups is 2. The van der Waals surface area contributed by atoms with Crippen LogP contribution in [0.2, 0.25) is 5.02 Å². The van der Waals surface area contributed by atoms with Crippen molar-refractivity contribution in [1.82, 2.24) is 9.71 Å². The van der Waals surface area contributed by atoms with E-state index in [1.807, 2.05) is 0 Å². The van der Waals surface area contributed by atoms with Gasteiger partial charge in [-0.15, -0.1) is 0 Å². The first-order valence-corrected chi connectivity index (χ1v) is 8.77. The maximum absolute atomic E-state index is 12.1. The van der Waals surface area contributed by atoms with Gasteiger partial charge in [-0.2, -0.15) is 4.72 Å². The van der Waals surface area contributed by atoms with Crippen molar-refractivity contribution in [2.75, 3.05) is 6.61 Å². The van der Waals surface area contributed by atoms with Gasteiger partial charge in [-0.3, -0.25) is 9.59 Å². The molecule has 0 saturated carbocycles. The number of H-pyrrole nitrogens is 1. The molecule has 0 amide bonds. The number of esters is 1. The van der Waals surface area contributed by atoms with Crippen LogP contribution in [0.25, 0.3) is 0 Å². The largest absolute Gasteiger partial charge is 0.456 e. The molecular weight excluding hydrogens is 356 g/mol. The molecule has 1 heterocycles. The van der Waals surface area contributed by atoms with Gasteiger partial charge in [-0.05, 0) is 43.3 Å². The number of carbonyl (C=O) groups excluding carboxylic acids is 2. The minimum Gasteiger partial charge on any atom is -0.456 e. The molecule has 1 aromatic carbocycles. The molecule has 1 atom stereocenters. The number of aromatic nitrogens is 1. The molecular formula is C15H15ClN2O5S. The van der Waals surface area contributed by atoms with E-state index in [0.29, 0.717) is 10.7 Å². The molecule has 128 valence electrons. The zero-order valence-electron chi connectivity index (χ0n) is 12.7. The lowest BCUT2D eigenvalue weighted by Gasteiger charge is -2.13. The van der Waals surface area contributed by atoms with E-state index < -0.39 is 34.4 Å². The van der Waals surface area contributed by atoms with Gasteiger partial charge in [0.2, 0.25) is 15.8 Å². The van der Waals surface area contributed by atoms with E-state index in [-0.39, 0.29) is 4.90 Å². The molecule has 0 aliphatic rings. The number of Topliss-reactive ketones (excluding diaryl/α,β-unsaturated/α-hetero) is 1. The second-order valence-corrected chi connectivity index (χ2v) is 7.06. The zero-order valence-corrected chi connectivity index (χ0v) is 14.2. The highest BCUT2D eigenvalue weighted by Crippen LogP contribution is 2.14. The molecule has 0 saturated heterocycles. The Labute approximate surface area is 144 Å². The molecule has 0 aliphatic carbocycles. The van der Waals surface area contributed by atoms with E-state index in [1.54, 1.807) is 18.3 Å². The van der Waals surface area contributed by atoms with E-state index in [1.165, 1.54) is 31.2 Å². The summed E-state index contributed by atoms with van der Waals surface area (Å²) in [6.07, 6.45) is 1.57. The summed E-state index contributed by atoms with van der Waals surface area (Å²) >= 11 is 5.71. The zero-order chi connectivity index (χ0) is 17.7. The summed E-state index contributed by atoms with van der Waals surface area (Å²) in [6.45, 7) is 0.848. The smallest absolute Gasteiger partial charge is 0.324 e. The Morgan fingerprint density at radius 2 is 1.92 bits per heavy atom. The van der Waals surface area contributed by atoms with Gasteiger partial charge in [-0.1, -0.05) is 11.6 Å². The van der Waals surface area contributed by atoms with Crippen molar-refractivity contribution >= 4 is 33.4 Å². The number of rotatable bonds is 7. The standard InChI is InChI=1S/C15H15ClN2O5S/c1-10(15(20)23-9-14(19)13-3-2-8-17-13)18-24(21,22)12-6-4-11(16)5-7-12/h2-8,10,17-18H,9H2,1H3/t10-/m0/s1. The molecule has 1 aromatic heterocycles. The van der Waals surface area contributed by atoms with Crippen LogP contribution in [0.3, 0.4) is 0 Å². The summed E-state index contributed by atoms with van der Waals surface area (Å²) in [4.78, 5) is 26.2. The molecule has 0 unspecified atom stereocenters. The molecule has 7 nitrogen and oxygen atoms in total. The summed E-state index contributed by atoms with van der Waals surface area (Å²) < 4.78 is 31.3. The molecule has 9 heteroatoms. The molecule has 0 radical (unpaired) electrons. The molecule has 0 fully saturated rings. The second kappa shape index (κ2) is 7.61. The first kappa shape index (κ1) is 18.2. The van der Waals surface area contributed by atoms with Crippen LogP contribution in [-0.4, -0.2) is 37.8 Å². The van der Waals surface area contributed by atoms with Gasteiger partial charge in [0.25, 0.3) is 0 Å². The maximum Gasteiger partial charge on any atom is 0.324 e. The number of ether oxygens (including phenoxy) is 1. The average molecular weight is 371 g/mol. The van der Waals surface area contributed by atoms with Crippen molar-refractivity contribution in [3.8, 4) is 0 Å². The number of hydrogen-bond acceptors (Lipinski definition) is 5. The highest BCUT2D eigenvalue weighted by molar-refractivity contribution is 7.89. The molecule has 0 bridgehead atoms. The lowest BCUT2D eigenvalue weighted by Crippen LogP contribution is -2.40. The summed E-state index contributed by atoms with van der Waals surface area (Å²) in [5, 5.41) is 0.393. The highest BCUT2D eigenvalue weighted by atomic mass is 35.5. The normalized spacial score (nSPS) is 12.6. The Morgan fingerprint density at radius 3 is 2.50 bits per heavy atom. The van der Waals surface area contributed by atoms with Gasteiger partial charge in [0.15, 0.2) is 6.61 Å². The number of aromatic amines is 1. The first-order valence-electron chi connectivity index (χ1n) is 6.91. The number of sulfonamides is 1. The number of benzene rings is 1. The van der Waals surface area contributed by atoms with Crippen LogP contribution in [-0.2, 0) is 19.6 Å². The lowest BCUT2D eigenvalue weighted by atomic mass is 10.3. The second-order valence-electron chi connectivity index (χ2n) is 4.91. The van der Waals surface area contributed by atoms with Crippen molar-refractivity contribution in [3.05, 3.63) is 53.3 Å². The van der Waals surface area contributed by atoms with Gasteiger partial charge in [-0.25, -0.2) is 8.42 Å². The van der Waals surface area contributed by atoms with Crippen LogP contribution in [0.1, 0.15) is 17.4 Å². The quantitative estimate of drug-likeness (QED) is 0.570. The van der Waals surface area contributed by atoms with Crippen LogP contribution >= 0.6 is 11.6 Å². The molecule has 0 spiro atoms. The van der Waals surface area contributed by atoms with Crippen LogP contribution in [0.5, 0.6) is 0 Å². The third-order valence-corrected chi connectivity index (χ3v) is 4.86. The summed E-state index contributed by atoms with van der Waals surface area (Å²) in [7, 11) is -3.90. The summed E-state index contributed by atoms with van der Waals surface area (Å²) in [5.74, 6) is -1.27. The van der Waals surface area contributed by atoms with E-state index in [4.69, 9.17) is 16.3 Å². The minimum atomic E-state index is -3.90. The molecule has 0 aliphatic heterocycles. The fourth-order valence-corrected chi connectivity index (χ4v) is 3.12. The van der Waals surface area contributed by atoms with Crippen molar-refractivity contribution in [2.45, 2.75) is 17.9 Å². The molecule has 2 aromatic rings. The Bertz CT molecular complexity index is 816. The van der Waals surface area contributed by atoms with Crippen LogP contribution in [0.15, 0.2) is 47.5 Å². The summed E-state index contributed by atoms with van der Waals surface area (Å²) in [5.41, 5.74) is 0.303. The van der Waals surface area contributed by atoms with Gasteiger partial charge in [0.05, 0.1) is 10.6 Å². The van der Waals surface area contributed by atoms with E-state index in [2.05, 4.69) is 9.71 Å². The third-order valence-electron chi connectivity index (χ3n) is 3.05. The number of hydrogen-bond donors (Lipinski definition) is 2. The lowest BCUT2D eigenvalue weighted by molar-refractivity contribution is -0.144. The van der Waals surface area contributed by atoms with E-state index >= 15 is 0 Å². The van der Waals surface area contributed by atoms with Crippen molar-refractivity contribution in [3.63, 3.8) is 0 Å².